The summed E-state index contributed by atoms with van der Waals surface area (Å²) >= 11 is 0. The number of nitrogens with zero attached hydrogens (tertiary/aromatic N) is 5. The van der Waals surface area contributed by atoms with Crippen LogP contribution in [0.5, 0.6) is 5.88 Å². The molecule has 0 unspecified atom stereocenters. The van der Waals surface area contributed by atoms with Gasteiger partial charge in [0.15, 0.2) is 0 Å². The third-order valence-electron chi connectivity index (χ3n) is 3.80. The fourth-order valence-corrected chi connectivity index (χ4v) is 2.57. The lowest BCUT2D eigenvalue weighted by Gasteiger charge is -2.35. The zero-order valence-corrected chi connectivity index (χ0v) is 13.2. The van der Waals surface area contributed by atoms with Crippen LogP contribution >= 0.6 is 0 Å². The second-order valence-corrected chi connectivity index (χ2v) is 5.39. The molecule has 0 bridgehead atoms. The molecule has 0 radical (unpaired) electrons. The Balaban J connectivity index is 1.56. The molecule has 2 aromatic rings. The van der Waals surface area contributed by atoms with Gasteiger partial charge in [-0.2, -0.15) is 0 Å². The second kappa shape index (κ2) is 6.64. The van der Waals surface area contributed by atoms with Gasteiger partial charge in [0.25, 0.3) is 0 Å². The summed E-state index contributed by atoms with van der Waals surface area (Å²) in [6.45, 7) is 4.58. The number of methoxy groups -OCH3 is 1. The van der Waals surface area contributed by atoms with Crippen LogP contribution in [0.2, 0.25) is 0 Å². The third kappa shape index (κ3) is 3.58. The molecule has 3 rings (SSSR count). The first-order chi connectivity index (χ1) is 11.2. The van der Waals surface area contributed by atoms with Crippen LogP contribution < -0.4 is 9.64 Å². The number of aromatic nitrogens is 3. The molecular weight excluding hydrogens is 298 g/mol. The van der Waals surface area contributed by atoms with Gasteiger partial charge in [0, 0.05) is 38.3 Å². The molecule has 1 fully saturated rings. The molecule has 8 heteroatoms. The first-order valence-electron chi connectivity index (χ1n) is 7.46. The van der Waals surface area contributed by atoms with Crippen LogP contribution in [0.25, 0.3) is 0 Å². The molecule has 1 aliphatic heterocycles. The Morgan fingerprint density at radius 3 is 2.70 bits per heavy atom. The van der Waals surface area contributed by atoms with Gasteiger partial charge in [0.2, 0.25) is 11.8 Å². The number of carbonyl (C=O) groups excluding carboxylic acids is 1. The normalized spacial score (nSPS) is 14.9. The van der Waals surface area contributed by atoms with E-state index in [2.05, 4.69) is 20.0 Å². The van der Waals surface area contributed by atoms with Gasteiger partial charge in [-0.15, -0.1) is 0 Å². The van der Waals surface area contributed by atoms with E-state index in [1.165, 1.54) is 6.33 Å². The fraction of sp³-hybridized carbons (Fsp3) is 0.467. The maximum absolute atomic E-state index is 12.3. The number of amides is 1. The Kier molecular flexibility index (Phi) is 4.40. The van der Waals surface area contributed by atoms with Gasteiger partial charge in [-0.1, -0.05) is 5.16 Å². The fourth-order valence-electron chi connectivity index (χ4n) is 2.57. The van der Waals surface area contributed by atoms with E-state index in [-0.39, 0.29) is 12.3 Å². The summed E-state index contributed by atoms with van der Waals surface area (Å²) in [5, 5.41) is 3.87. The lowest BCUT2D eigenvalue weighted by molar-refractivity contribution is -0.130. The van der Waals surface area contributed by atoms with Crippen molar-refractivity contribution >= 4 is 11.7 Å². The minimum atomic E-state index is 0.0678. The van der Waals surface area contributed by atoms with Crippen LogP contribution in [0.1, 0.15) is 11.5 Å². The summed E-state index contributed by atoms with van der Waals surface area (Å²) in [5.41, 5.74) is 0.676. The molecule has 0 N–H and O–H groups in total. The average molecular weight is 317 g/mol. The molecular formula is C15H19N5O3. The zero-order valence-electron chi connectivity index (χ0n) is 13.2. The molecule has 0 aromatic carbocycles. The summed E-state index contributed by atoms with van der Waals surface area (Å²) in [6.07, 6.45) is 1.76. The van der Waals surface area contributed by atoms with Crippen LogP contribution in [0, 0.1) is 6.92 Å². The van der Waals surface area contributed by atoms with Crippen LogP contribution in [-0.2, 0) is 11.2 Å². The van der Waals surface area contributed by atoms with Crippen LogP contribution in [0.15, 0.2) is 23.0 Å². The topological polar surface area (TPSA) is 84.6 Å². The zero-order chi connectivity index (χ0) is 16.2. The Morgan fingerprint density at radius 1 is 1.26 bits per heavy atom. The predicted molar refractivity (Wildman–Crippen MR) is 82.3 cm³/mol. The van der Waals surface area contributed by atoms with Gasteiger partial charge in [-0.05, 0) is 6.92 Å². The molecule has 1 saturated heterocycles. The van der Waals surface area contributed by atoms with Gasteiger partial charge in [0.1, 0.15) is 17.9 Å². The van der Waals surface area contributed by atoms with Crippen molar-refractivity contribution in [3.8, 4) is 5.88 Å². The van der Waals surface area contributed by atoms with E-state index in [9.17, 15) is 4.79 Å². The molecule has 1 aliphatic rings. The SMILES string of the molecule is COc1cc(N2CCN(C(=O)Cc3cc(C)on3)CC2)ncn1. The molecule has 122 valence electrons. The van der Waals surface area contributed by atoms with Crippen molar-refractivity contribution < 1.29 is 14.1 Å². The summed E-state index contributed by atoms with van der Waals surface area (Å²) in [7, 11) is 1.58. The van der Waals surface area contributed by atoms with Crippen molar-refractivity contribution in [2.24, 2.45) is 0 Å². The molecule has 3 heterocycles. The molecule has 0 atom stereocenters. The van der Waals surface area contributed by atoms with Gasteiger partial charge in [-0.3, -0.25) is 4.79 Å². The Morgan fingerprint density at radius 2 is 2.04 bits per heavy atom. The lowest BCUT2D eigenvalue weighted by atomic mass is 10.2. The first kappa shape index (κ1) is 15.3. The van der Waals surface area contributed by atoms with E-state index in [0.717, 1.165) is 24.7 Å². The number of aryl methyl sites for hydroxylation is 1. The Bertz CT molecular complexity index is 679. The number of hydrogen-bond acceptors (Lipinski definition) is 7. The van der Waals surface area contributed by atoms with Gasteiger partial charge in [0.05, 0.1) is 19.2 Å². The molecule has 0 saturated carbocycles. The highest BCUT2D eigenvalue weighted by Gasteiger charge is 2.23. The number of ether oxygens (including phenoxy) is 1. The largest absolute Gasteiger partial charge is 0.481 e. The first-order valence-corrected chi connectivity index (χ1v) is 7.46. The molecule has 8 nitrogen and oxygen atoms in total. The summed E-state index contributed by atoms with van der Waals surface area (Å²) in [5.74, 6) is 2.14. The number of hydrogen-bond donors (Lipinski definition) is 0. The molecule has 23 heavy (non-hydrogen) atoms. The highest BCUT2D eigenvalue weighted by Crippen LogP contribution is 2.17. The monoisotopic (exact) mass is 317 g/mol. The summed E-state index contributed by atoms with van der Waals surface area (Å²) in [4.78, 5) is 24.5. The van der Waals surface area contributed by atoms with E-state index in [1.54, 1.807) is 19.2 Å². The molecule has 0 aliphatic carbocycles. The van der Waals surface area contributed by atoms with Gasteiger partial charge < -0.3 is 19.1 Å². The van der Waals surface area contributed by atoms with Gasteiger partial charge >= 0.3 is 0 Å². The molecule has 0 spiro atoms. The quantitative estimate of drug-likeness (QED) is 0.819. The third-order valence-corrected chi connectivity index (χ3v) is 3.80. The predicted octanol–water partition coefficient (Wildman–Crippen LogP) is 0.673. The van der Waals surface area contributed by atoms with Crippen molar-refractivity contribution in [2.75, 3.05) is 38.2 Å². The maximum atomic E-state index is 12.3. The molecule has 1 amide bonds. The van der Waals surface area contributed by atoms with Crippen LogP contribution in [0.3, 0.4) is 0 Å². The van der Waals surface area contributed by atoms with Crippen molar-refractivity contribution in [3.63, 3.8) is 0 Å². The minimum absolute atomic E-state index is 0.0678. The lowest BCUT2D eigenvalue weighted by Crippen LogP contribution is -2.49. The smallest absolute Gasteiger partial charge is 0.228 e. The summed E-state index contributed by atoms with van der Waals surface area (Å²) < 4.78 is 10.1. The van der Waals surface area contributed by atoms with E-state index in [4.69, 9.17) is 9.26 Å². The van der Waals surface area contributed by atoms with Crippen molar-refractivity contribution in [3.05, 3.63) is 29.9 Å². The van der Waals surface area contributed by atoms with E-state index >= 15 is 0 Å². The van der Waals surface area contributed by atoms with Crippen LogP contribution in [-0.4, -0.2) is 59.2 Å². The van der Waals surface area contributed by atoms with Crippen LogP contribution in [0.4, 0.5) is 5.82 Å². The maximum Gasteiger partial charge on any atom is 0.228 e. The number of rotatable bonds is 4. The van der Waals surface area contributed by atoms with Crippen molar-refractivity contribution in [1.82, 2.24) is 20.0 Å². The highest BCUT2D eigenvalue weighted by molar-refractivity contribution is 5.78. The number of anilines is 1. The molecule has 2 aromatic heterocycles. The van der Waals surface area contributed by atoms with E-state index in [1.807, 2.05) is 11.8 Å². The van der Waals surface area contributed by atoms with Crippen molar-refractivity contribution in [2.45, 2.75) is 13.3 Å². The van der Waals surface area contributed by atoms with E-state index in [0.29, 0.717) is 24.7 Å². The second-order valence-electron chi connectivity index (χ2n) is 5.39. The Hall–Kier alpha value is -2.64. The van der Waals surface area contributed by atoms with E-state index < -0.39 is 0 Å². The highest BCUT2D eigenvalue weighted by atomic mass is 16.5. The van der Waals surface area contributed by atoms with Crippen molar-refractivity contribution in [1.29, 1.82) is 0 Å². The average Bonchev–Trinajstić information content (AvgIpc) is 3.00. The van der Waals surface area contributed by atoms with Gasteiger partial charge in [-0.25, -0.2) is 9.97 Å². The minimum Gasteiger partial charge on any atom is -0.481 e. The number of carbonyl (C=O) groups is 1. The standard InChI is InChI=1S/C15H19N5O3/c1-11-7-12(18-23-11)8-15(21)20-5-3-19(4-6-20)13-9-14(22-2)17-10-16-13/h7,9-10H,3-6,8H2,1-2H3. The summed E-state index contributed by atoms with van der Waals surface area (Å²) in [6, 6.07) is 3.59. The number of piperazine rings is 1. The Labute approximate surface area is 134 Å².